The van der Waals surface area contributed by atoms with Crippen molar-refractivity contribution in [1.82, 2.24) is 0 Å². The molecule has 0 unspecified atom stereocenters. The molecule has 0 fully saturated rings. The van der Waals surface area contributed by atoms with Crippen LogP contribution in [0.25, 0.3) is 0 Å². The number of hydrogen-bond donors (Lipinski definition) is 2. The van der Waals surface area contributed by atoms with Crippen LogP contribution in [0.4, 0.5) is 5.69 Å². The normalized spacial score (nSPS) is 10.2. The lowest BCUT2D eigenvalue weighted by Gasteiger charge is -2.09. The molecule has 0 bridgehead atoms. The molecular weight excluding hydrogens is 238 g/mol. The van der Waals surface area contributed by atoms with Gasteiger partial charge in [0.25, 0.3) is 0 Å². The molecule has 0 atom stereocenters. The van der Waals surface area contributed by atoms with Gasteiger partial charge >= 0.3 is 0 Å². The second kappa shape index (κ2) is 4.97. The highest BCUT2D eigenvalue weighted by Crippen LogP contribution is 2.34. The highest BCUT2D eigenvalue weighted by atomic mass is 35.5. The van der Waals surface area contributed by atoms with Crippen LogP contribution < -0.4 is 10.5 Å². The average molecular weight is 250 g/mol. The van der Waals surface area contributed by atoms with E-state index in [0.717, 1.165) is 5.56 Å². The summed E-state index contributed by atoms with van der Waals surface area (Å²) in [4.78, 5) is 0. The van der Waals surface area contributed by atoms with Crippen molar-refractivity contribution in [2.75, 3.05) is 5.73 Å². The van der Waals surface area contributed by atoms with E-state index < -0.39 is 0 Å². The summed E-state index contributed by atoms with van der Waals surface area (Å²) in [6.45, 7) is 0.432. The van der Waals surface area contributed by atoms with E-state index in [2.05, 4.69) is 0 Å². The number of rotatable bonds is 3. The van der Waals surface area contributed by atoms with Crippen LogP contribution in [0.3, 0.4) is 0 Å². The van der Waals surface area contributed by atoms with Gasteiger partial charge in [0.2, 0.25) is 0 Å². The smallest absolute Gasteiger partial charge is 0.157 e. The average Bonchev–Trinajstić information content (AvgIpc) is 2.34. The van der Waals surface area contributed by atoms with E-state index in [9.17, 15) is 5.11 Å². The van der Waals surface area contributed by atoms with Gasteiger partial charge in [-0.15, -0.1) is 0 Å². The van der Waals surface area contributed by atoms with E-state index in [1.54, 1.807) is 6.07 Å². The molecular formula is C13H12ClNO2. The van der Waals surface area contributed by atoms with Crippen molar-refractivity contribution >= 4 is 17.3 Å². The molecule has 2 aromatic rings. The van der Waals surface area contributed by atoms with Gasteiger partial charge in [-0.2, -0.15) is 0 Å². The van der Waals surface area contributed by atoms with Crippen LogP contribution >= 0.6 is 11.6 Å². The monoisotopic (exact) mass is 249 g/mol. The van der Waals surface area contributed by atoms with Crippen LogP contribution in [-0.4, -0.2) is 5.11 Å². The van der Waals surface area contributed by atoms with E-state index >= 15 is 0 Å². The van der Waals surface area contributed by atoms with Crippen molar-refractivity contribution in [1.29, 1.82) is 0 Å². The number of phenolic OH excluding ortho intramolecular Hbond substituents is 1. The molecule has 0 aliphatic heterocycles. The van der Waals surface area contributed by atoms with Gasteiger partial charge in [-0.3, -0.25) is 0 Å². The number of halogens is 1. The summed E-state index contributed by atoms with van der Waals surface area (Å²) in [5, 5.41) is 9.59. The van der Waals surface area contributed by atoms with Gasteiger partial charge in [0.1, 0.15) is 12.4 Å². The maximum absolute atomic E-state index is 9.40. The van der Waals surface area contributed by atoms with Crippen LogP contribution in [0.15, 0.2) is 42.5 Å². The van der Waals surface area contributed by atoms with Gasteiger partial charge < -0.3 is 15.6 Å². The molecule has 88 valence electrons. The van der Waals surface area contributed by atoms with Crippen LogP contribution in [0.5, 0.6) is 11.5 Å². The summed E-state index contributed by atoms with van der Waals surface area (Å²) in [5.74, 6) is 0.424. The van der Waals surface area contributed by atoms with E-state index in [1.165, 1.54) is 6.07 Å². The third kappa shape index (κ3) is 2.82. The van der Waals surface area contributed by atoms with Crippen LogP contribution in [0.1, 0.15) is 5.56 Å². The van der Waals surface area contributed by atoms with Crippen LogP contribution in [0.2, 0.25) is 5.02 Å². The predicted molar refractivity (Wildman–Crippen MR) is 68.3 cm³/mol. The number of hydrogen-bond acceptors (Lipinski definition) is 3. The standard InChI is InChI=1S/C13H12ClNO2/c14-11-6-10(7-12(15)13(11)16)17-8-9-4-2-1-3-5-9/h1-7,16H,8,15H2. The molecule has 0 aliphatic carbocycles. The molecule has 2 aromatic carbocycles. The lowest BCUT2D eigenvalue weighted by molar-refractivity contribution is 0.306. The molecule has 0 heterocycles. The maximum atomic E-state index is 9.40. The Kier molecular flexibility index (Phi) is 3.40. The largest absolute Gasteiger partial charge is 0.504 e. The summed E-state index contributed by atoms with van der Waals surface area (Å²) in [6.07, 6.45) is 0. The molecule has 3 N–H and O–H groups in total. The third-order valence-corrected chi connectivity index (χ3v) is 2.60. The van der Waals surface area contributed by atoms with Crippen molar-refractivity contribution in [2.24, 2.45) is 0 Å². The Morgan fingerprint density at radius 2 is 1.88 bits per heavy atom. The zero-order chi connectivity index (χ0) is 12.3. The van der Waals surface area contributed by atoms with Crippen molar-refractivity contribution < 1.29 is 9.84 Å². The first-order valence-electron chi connectivity index (χ1n) is 5.11. The fraction of sp³-hybridized carbons (Fsp3) is 0.0769. The highest BCUT2D eigenvalue weighted by molar-refractivity contribution is 6.32. The number of benzene rings is 2. The second-order valence-corrected chi connectivity index (χ2v) is 4.02. The van der Waals surface area contributed by atoms with Gasteiger partial charge in [-0.25, -0.2) is 0 Å². The number of phenols is 1. The van der Waals surface area contributed by atoms with Gasteiger partial charge in [-0.05, 0) is 5.56 Å². The molecule has 2 rings (SSSR count). The summed E-state index contributed by atoms with van der Waals surface area (Å²) in [7, 11) is 0. The third-order valence-electron chi connectivity index (χ3n) is 2.31. The zero-order valence-corrected chi connectivity index (χ0v) is 9.82. The Morgan fingerprint density at radius 1 is 1.18 bits per heavy atom. The van der Waals surface area contributed by atoms with E-state index in [-0.39, 0.29) is 16.5 Å². The molecule has 0 aromatic heterocycles. The number of nitrogen functional groups attached to an aromatic ring is 1. The van der Waals surface area contributed by atoms with E-state index in [1.807, 2.05) is 30.3 Å². The number of nitrogens with two attached hydrogens (primary N) is 1. The predicted octanol–water partition coefficient (Wildman–Crippen LogP) is 3.21. The molecule has 17 heavy (non-hydrogen) atoms. The fourth-order valence-corrected chi connectivity index (χ4v) is 1.64. The van der Waals surface area contributed by atoms with Gasteiger partial charge in [0, 0.05) is 12.1 Å². The Balaban J connectivity index is 2.10. The molecule has 0 saturated heterocycles. The summed E-state index contributed by atoms with van der Waals surface area (Å²) in [5.41, 5.74) is 6.84. The minimum Gasteiger partial charge on any atom is -0.504 e. The summed E-state index contributed by atoms with van der Waals surface area (Å²) >= 11 is 5.79. The lowest BCUT2D eigenvalue weighted by Crippen LogP contribution is -1.96. The molecule has 0 radical (unpaired) electrons. The van der Waals surface area contributed by atoms with Crippen LogP contribution in [0, 0.1) is 0 Å². The fourth-order valence-electron chi connectivity index (χ4n) is 1.42. The molecule has 4 heteroatoms. The van der Waals surface area contributed by atoms with Gasteiger partial charge in [0.15, 0.2) is 5.75 Å². The Bertz CT molecular complexity index is 491. The summed E-state index contributed by atoms with van der Waals surface area (Å²) in [6, 6.07) is 12.8. The molecule has 0 amide bonds. The Hall–Kier alpha value is -1.87. The lowest BCUT2D eigenvalue weighted by atomic mass is 10.2. The Morgan fingerprint density at radius 3 is 2.53 bits per heavy atom. The van der Waals surface area contributed by atoms with E-state index in [4.69, 9.17) is 22.1 Å². The van der Waals surface area contributed by atoms with Crippen molar-refractivity contribution in [3.8, 4) is 11.5 Å². The maximum Gasteiger partial charge on any atom is 0.157 e. The van der Waals surface area contributed by atoms with Crippen LogP contribution in [-0.2, 0) is 6.61 Å². The SMILES string of the molecule is Nc1cc(OCc2ccccc2)cc(Cl)c1O. The highest BCUT2D eigenvalue weighted by Gasteiger charge is 2.06. The Labute approximate surface area is 104 Å². The van der Waals surface area contributed by atoms with E-state index in [0.29, 0.717) is 12.4 Å². The van der Waals surface area contributed by atoms with Gasteiger partial charge in [0.05, 0.1) is 10.7 Å². The first-order valence-corrected chi connectivity index (χ1v) is 5.49. The first kappa shape index (κ1) is 11.6. The molecule has 3 nitrogen and oxygen atoms in total. The summed E-state index contributed by atoms with van der Waals surface area (Å²) < 4.78 is 5.53. The number of aromatic hydroxyl groups is 1. The van der Waals surface area contributed by atoms with Crippen molar-refractivity contribution in [3.63, 3.8) is 0 Å². The van der Waals surface area contributed by atoms with Crippen molar-refractivity contribution in [3.05, 3.63) is 53.1 Å². The number of ether oxygens (including phenoxy) is 1. The second-order valence-electron chi connectivity index (χ2n) is 3.62. The first-order chi connectivity index (χ1) is 8.16. The molecule has 0 saturated carbocycles. The minimum absolute atomic E-state index is 0.112. The number of anilines is 1. The minimum atomic E-state index is -0.112. The topological polar surface area (TPSA) is 55.5 Å². The zero-order valence-electron chi connectivity index (χ0n) is 9.06. The molecule has 0 spiro atoms. The molecule has 0 aliphatic rings. The van der Waals surface area contributed by atoms with Gasteiger partial charge in [-0.1, -0.05) is 41.9 Å². The van der Waals surface area contributed by atoms with Crippen molar-refractivity contribution in [2.45, 2.75) is 6.61 Å². The quantitative estimate of drug-likeness (QED) is 0.649.